The van der Waals surface area contributed by atoms with Crippen LogP contribution in [-0.2, 0) is 11.3 Å². The number of aromatic amines is 1. The van der Waals surface area contributed by atoms with E-state index in [1.807, 2.05) is 17.0 Å². The third-order valence-corrected chi connectivity index (χ3v) is 5.95. The molecule has 0 radical (unpaired) electrons. The first-order valence-electron chi connectivity index (χ1n) is 9.68. The Morgan fingerprint density at radius 1 is 1.27 bits per heavy atom. The Morgan fingerprint density at radius 2 is 2.04 bits per heavy atom. The maximum Gasteiger partial charge on any atom is 0.222 e. The molecule has 2 aliphatic rings. The fourth-order valence-corrected chi connectivity index (χ4v) is 4.40. The molecule has 1 aliphatic heterocycles. The third-order valence-electron chi connectivity index (χ3n) is 5.95. The quantitative estimate of drug-likeness (QED) is 0.888. The number of H-pyrrole nitrogens is 1. The van der Waals surface area contributed by atoms with E-state index in [1.165, 1.54) is 31.2 Å². The SMILES string of the molecule is COc1ccc(C2CN(C(=O)CCC3CCCC3)Cc3[nH]cnc32)cc1. The number of hydrogen-bond acceptors (Lipinski definition) is 3. The molecule has 2 heterocycles. The number of rotatable bonds is 5. The number of ether oxygens (including phenoxy) is 1. The van der Waals surface area contributed by atoms with Crippen LogP contribution in [0.1, 0.15) is 61.4 Å². The highest BCUT2D eigenvalue weighted by atomic mass is 16.5. The van der Waals surface area contributed by atoms with Crippen molar-refractivity contribution in [2.24, 2.45) is 5.92 Å². The standard InChI is InChI=1S/C21H27N3O2/c1-26-17-9-7-16(8-10-17)18-12-24(13-19-21(18)23-14-22-19)20(25)11-6-15-4-2-3-5-15/h7-10,14-15,18H,2-6,11-13H2,1H3,(H,22,23). The molecule has 1 aliphatic carbocycles. The van der Waals surface area contributed by atoms with Crippen molar-refractivity contribution in [2.45, 2.75) is 51.0 Å². The van der Waals surface area contributed by atoms with Crippen LogP contribution in [0.25, 0.3) is 0 Å². The molecule has 2 aromatic rings. The number of nitrogens with one attached hydrogen (secondary N) is 1. The van der Waals surface area contributed by atoms with Crippen molar-refractivity contribution in [1.29, 1.82) is 0 Å². The molecule has 0 saturated heterocycles. The Hall–Kier alpha value is -2.30. The van der Waals surface area contributed by atoms with Gasteiger partial charge in [0.15, 0.2) is 0 Å². The van der Waals surface area contributed by atoms with Gasteiger partial charge in [-0.1, -0.05) is 37.8 Å². The van der Waals surface area contributed by atoms with E-state index in [-0.39, 0.29) is 11.8 Å². The average Bonchev–Trinajstić information content (AvgIpc) is 3.37. The number of carbonyl (C=O) groups excluding carboxylic acids is 1. The minimum absolute atomic E-state index is 0.117. The minimum atomic E-state index is 0.117. The van der Waals surface area contributed by atoms with Gasteiger partial charge in [0.05, 0.1) is 31.4 Å². The predicted octanol–water partition coefficient (Wildman–Crippen LogP) is 3.86. The lowest BCUT2D eigenvalue weighted by Crippen LogP contribution is -2.38. The number of methoxy groups -OCH3 is 1. The van der Waals surface area contributed by atoms with Crippen molar-refractivity contribution in [1.82, 2.24) is 14.9 Å². The molecule has 1 aromatic carbocycles. The fourth-order valence-electron chi connectivity index (χ4n) is 4.40. The molecule has 1 N–H and O–H groups in total. The average molecular weight is 353 g/mol. The third kappa shape index (κ3) is 3.48. The van der Waals surface area contributed by atoms with E-state index in [0.717, 1.165) is 29.5 Å². The van der Waals surface area contributed by atoms with Crippen LogP contribution in [-0.4, -0.2) is 34.4 Å². The van der Waals surface area contributed by atoms with Gasteiger partial charge >= 0.3 is 0 Å². The number of benzene rings is 1. The summed E-state index contributed by atoms with van der Waals surface area (Å²) in [5.74, 6) is 1.99. The van der Waals surface area contributed by atoms with Crippen molar-refractivity contribution < 1.29 is 9.53 Å². The van der Waals surface area contributed by atoms with Crippen molar-refractivity contribution in [3.63, 3.8) is 0 Å². The van der Waals surface area contributed by atoms with Crippen molar-refractivity contribution in [3.05, 3.63) is 47.5 Å². The Morgan fingerprint density at radius 3 is 2.77 bits per heavy atom. The molecule has 1 fully saturated rings. The number of carbonyl (C=O) groups is 1. The van der Waals surface area contributed by atoms with E-state index in [1.54, 1.807) is 13.4 Å². The molecule has 5 heteroatoms. The highest BCUT2D eigenvalue weighted by molar-refractivity contribution is 5.76. The van der Waals surface area contributed by atoms with E-state index < -0.39 is 0 Å². The summed E-state index contributed by atoms with van der Waals surface area (Å²) < 4.78 is 5.26. The predicted molar refractivity (Wildman–Crippen MR) is 100 cm³/mol. The maximum absolute atomic E-state index is 12.8. The second-order valence-electron chi connectivity index (χ2n) is 7.56. The van der Waals surface area contributed by atoms with Gasteiger partial charge in [0.2, 0.25) is 5.91 Å². The van der Waals surface area contributed by atoms with Crippen LogP contribution < -0.4 is 4.74 Å². The molecule has 5 nitrogen and oxygen atoms in total. The van der Waals surface area contributed by atoms with Crippen LogP contribution in [0.3, 0.4) is 0 Å². The van der Waals surface area contributed by atoms with Crippen LogP contribution in [0.15, 0.2) is 30.6 Å². The highest BCUT2D eigenvalue weighted by Crippen LogP contribution is 2.33. The number of imidazole rings is 1. The van der Waals surface area contributed by atoms with Crippen LogP contribution in [0, 0.1) is 5.92 Å². The lowest BCUT2D eigenvalue weighted by molar-refractivity contribution is -0.132. The van der Waals surface area contributed by atoms with E-state index in [2.05, 4.69) is 22.1 Å². The molecule has 26 heavy (non-hydrogen) atoms. The number of amides is 1. The van der Waals surface area contributed by atoms with Crippen molar-refractivity contribution in [2.75, 3.05) is 13.7 Å². The molecular weight excluding hydrogens is 326 g/mol. The smallest absolute Gasteiger partial charge is 0.222 e. The van der Waals surface area contributed by atoms with Gasteiger partial charge in [-0.05, 0) is 30.0 Å². The zero-order valence-corrected chi connectivity index (χ0v) is 15.4. The van der Waals surface area contributed by atoms with Gasteiger partial charge in [-0.3, -0.25) is 4.79 Å². The van der Waals surface area contributed by atoms with Gasteiger partial charge in [0.1, 0.15) is 5.75 Å². The van der Waals surface area contributed by atoms with Crippen molar-refractivity contribution in [3.8, 4) is 5.75 Å². The topological polar surface area (TPSA) is 58.2 Å². The number of nitrogens with zero attached hydrogens (tertiary/aromatic N) is 2. The van der Waals surface area contributed by atoms with Crippen LogP contribution >= 0.6 is 0 Å². The molecule has 1 aromatic heterocycles. The normalized spacial score (nSPS) is 20.2. The molecule has 0 spiro atoms. The molecular formula is C21H27N3O2. The Labute approximate surface area is 154 Å². The van der Waals surface area contributed by atoms with Crippen LogP contribution in [0.4, 0.5) is 0 Å². The van der Waals surface area contributed by atoms with E-state index >= 15 is 0 Å². The highest BCUT2D eigenvalue weighted by Gasteiger charge is 2.31. The lowest BCUT2D eigenvalue weighted by atomic mass is 9.90. The van der Waals surface area contributed by atoms with E-state index in [0.29, 0.717) is 19.5 Å². The summed E-state index contributed by atoms with van der Waals surface area (Å²) in [4.78, 5) is 22.6. The van der Waals surface area contributed by atoms with Crippen molar-refractivity contribution >= 4 is 5.91 Å². The molecule has 1 saturated carbocycles. The van der Waals surface area contributed by atoms with Gasteiger partial charge in [0, 0.05) is 18.9 Å². The van der Waals surface area contributed by atoms with Gasteiger partial charge in [0.25, 0.3) is 0 Å². The second-order valence-corrected chi connectivity index (χ2v) is 7.56. The van der Waals surface area contributed by atoms with Crippen LogP contribution in [0.5, 0.6) is 5.75 Å². The zero-order chi connectivity index (χ0) is 17.9. The van der Waals surface area contributed by atoms with Gasteiger partial charge in [-0.15, -0.1) is 0 Å². The number of fused-ring (bicyclic) bond motifs is 1. The largest absolute Gasteiger partial charge is 0.497 e. The molecule has 1 atom stereocenters. The minimum Gasteiger partial charge on any atom is -0.497 e. The Kier molecular flexibility index (Phi) is 4.96. The fraction of sp³-hybridized carbons (Fsp3) is 0.524. The zero-order valence-electron chi connectivity index (χ0n) is 15.4. The Bertz CT molecular complexity index is 747. The molecule has 138 valence electrons. The maximum atomic E-state index is 12.8. The van der Waals surface area contributed by atoms with E-state index in [4.69, 9.17) is 4.74 Å². The summed E-state index contributed by atoms with van der Waals surface area (Å²) in [5.41, 5.74) is 3.30. The van der Waals surface area contributed by atoms with Gasteiger partial charge in [-0.2, -0.15) is 0 Å². The number of aromatic nitrogens is 2. The summed E-state index contributed by atoms with van der Waals surface area (Å²) in [6, 6.07) is 8.11. The lowest BCUT2D eigenvalue weighted by Gasteiger charge is -2.32. The first-order valence-corrected chi connectivity index (χ1v) is 9.68. The summed E-state index contributed by atoms with van der Waals surface area (Å²) in [7, 11) is 1.67. The van der Waals surface area contributed by atoms with Gasteiger partial charge < -0.3 is 14.6 Å². The molecule has 1 amide bonds. The summed E-state index contributed by atoms with van der Waals surface area (Å²) in [6.07, 6.45) is 8.72. The first kappa shape index (κ1) is 17.1. The second kappa shape index (κ2) is 7.52. The molecule has 0 bridgehead atoms. The summed E-state index contributed by atoms with van der Waals surface area (Å²) in [6.45, 7) is 1.35. The Balaban J connectivity index is 1.49. The van der Waals surface area contributed by atoms with E-state index in [9.17, 15) is 4.79 Å². The van der Waals surface area contributed by atoms with Crippen LogP contribution in [0.2, 0.25) is 0 Å². The van der Waals surface area contributed by atoms with Gasteiger partial charge in [-0.25, -0.2) is 4.98 Å². The summed E-state index contributed by atoms with van der Waals surface area (Å²) in [5, 5.41) is 0. The number of hydrogen-bond donors (Lipinski definition) is 1. The molecule has 1 unspecified atom stereocenters. The summed E-state index contributed by atoms with van der Waals surface area (Å²) >= 11 is 0. The first-order chi connectivity index (χ1) is 12.7. The molecule has 4 rings (SSSR count). The monoisotopic (exact) mass is 353 g/mol.